The third kappa shape index (κ3) is 4.58. The molecule has 2 rings (SSSR count). The summed E-state index contributed by atoms with van der Waals surface area (Å²) in [5, 5.41) is 3.34. The van der Waals surface area contributed by atoms with Crippen LogP contribution in [0.4, 0.5) is 0 Å². The van der Waals surface area contributed by atoms with E-state index < -0.39 is 0 Å². The van der Waals surface area contributed by atoms with Gasteiger partial charge in [-0.2, -0.15) is 0 Å². The van der Waals surface area contributed by atoms with Crippen molar-refractivity contribution >= 4 is 31.9 Å². The topological polar surface area (TPSA) is 34.1 Å². The lowest BCUT2D eigenvalue weighted by atomic mass is 10.3. The molecular formula is C15H16Br2N2O. The van der Waals surface area contributed by atoms with Gasteiger partial charge in [0.25, 0.3) is 0 Å². The third-order valence-corrected chi connectivity index (χ3v) is 3.69. The van der Waals surface area contributed by atoms with Gasteiger partial charge in [0, 0.05) is 23.1 Å². The van der Waals surface area contributed by atoms with Gasteiger partial charge in [0.05, 0.1) is 10.2 Å². The van der Waals surface area contributed by atoms with Crippen LogP contribution in [0, 0.1) is 0 Å². The van der Waals surface area contributed by atoms with Crippen LogP contribution < -0.4 is 10.1 Å². The van der Waals surface area contributed by atoms with E-state index in [1.54, 1.807) is 0 Å². The van der Waals surface area contributed by atoms with E-state index in [-0.39, 0.29) is 0 Å². The minimum Gasteiger partial charge on any atom is -0.438 e. The van der Waals surface area contributed by atoms with Crippen LogP contribution in [0.15, 0.2) is 45.3 Å². The molecule has 3 nitrogen and oxygen atoms in total. The summed E-state index contributed by atoms with van der Waals surface area (Å²) in [5.74, 6) is 1.34. The zero-order valence-electron chi connectivity index (χ0n) is 11.4. The van der Waals surface area contributed by atoms with Crippen molar-refractivity contribution in [3.05, 3.63) is 51.0 Å². The van der Waals surface area contributed by atoms with E-state index in [1.165, 1.54) is 0 Å². The Balaban J connectivity index is 2.11. The fourth-order valence-electron chi connectivity index (χ4n) is 1.59. The second kappa shape index (κ2) is 7.20. The van der Waals surface area contributed by atoms with Crippen LogP contribution in [0.1, 0.15) is 19.5 Å². The van der Waals surface area contributed by atoms with Crippen molar-refractivity contribution in [1.82, 2.24) is 10.3 Å². The van der Waals surface area contributed by atoms with Crippen LogP contribution in [0.25, 0.3) is 0 Å². The summed E-state index contributed by atoms with van der Waals surface area (Å²) in [6.45, 7) is 4.95. The van der Waals surface area contributed by atoms with Crippen LogP contribution in [0.2, 0.25) is 0 Å². The Hall–Kier alpha value is -0.910. The fourth-order valence-corrected chi connectivity index (χ4v) is 2.72. The normalized spacial score (nSPS) is 10.8. The average molecular weight is 400 g/mol. The molecule has 0 fully saturated rings. The van der Waals surface area contributed by atoms with Gasteiger partial charge in [0.15, 0.2) is 0 Å². The minimum absolute atomic E-state index is 0.432. The molecule has 0 aliphatic carbocycles. The number of benzene rings is 1. The number of hydrogen-bond donors (Lipinski definition) is 1. The molecule has 20 heavy (non-hydrogen) atoms. The summed E-state index contributed by atoms with van der Waals surface area (Å²) in [4.78, 5) is 4.49. The maximum Gasteiger partial charge on any atom is 0.219 e. The number of nitrogens with zero attached hydrogens (tertiary/aromatic N) is 1. The Morgan fingerprint density at radius 3 is 2.70 bits per heavy atom. The molecule has 0 bridgehead atoms. The molecule has 1 aromatic heterocycles. The number of pyridine rings is 1. The maximum atomic E-state index is 5.81. The molecule has 0 radical (unpaired) electrons. The number of nitrogens with one attached hydrogen (secondary N) is 1. The van der Waals surface area contributed by atoms with Crippen molar-refractivity contribution in [1.29, 1.82) is 0 Å². The Bertz CT molecular complexity index is 588. The zero-order chi connectivity index (χ0) is 14.5. The van der Waals surface area contributed by atoms with Crippen molar-refractivity contribution < 1.29 is 4.74 Å². The van der Waals surface area contributed by atoms with Crippen molar-refractivity contribution in [3.63, 3.8) is 0 Å². The van der Waals surface area contributed by atoms with Crippen LogP contribution >= 0.6 is 31.9 Å². The third-order valence-electron chi connectivity index (χ3n) is 2.58. The molecule has 0 saturated heterocycles. The van der Waals surface area contributed by atoms with Gasteiger partial charge in [-0.1, -0.05) is 35.8 Å². The van der Waals surface area contributed by atoms with Crippen molar-refractivity contribution in [2.24, 2.45) is 0 Å². The van der Waals surface area contributed by atoms with Gasteiger partial charge in [0.2, 0.25) is 5.88 Å². The predicted octanol–water partition coefficient (Wildman–Crippen LogP) is 4.90. The first-order chi connectivity index (χ1) is 9.54. The SMILES string of the molecule is CC(C)NCc1cccc(Oc2ccc(Br)cc2Br)n1. The van der Waals surface area contributed by atoms with E-state index in [4.69, 9.17) is 4.74 Å². The monoisotopic (exact) mass is 398 g/mol. The summed E-state index contributed by atoms with van der Waals surface area (Å²) < 4.78 is 7.69. The first kappa shape index (κ1) is 15.5. The number of aromatic nitrogens is 1. The van der Waals surface area contributed by atoms with Gasteiger partial charge in [0.1, 0.15) is 5.75 Å². The largest absolute Gasteiger partial charge is 0.438 e. The summed E-state index contributed by atoms with van der Waals surface area (Å²) >= 11 is 6.90. The lowest BCUT2D eigenvalue weighted by Gasteiger charge is -2.10. The zero-order valence-corrected chi connectivity index (χ0v) is 14.5. The molecule has 0 aliphatic heterocycles. The smallest absolute Gasteiger partial charge is 0.219 e. The number of halogens is 2. The Morgan fingerprint density at radius 1 is 1.20 bits per heavy atom. The molecule has 1 heterocycles. The highest BCUT2D eigenvalue weighted by Crippen LogP contribution is 2.31. The van der Waals surface area contributed by atoms with Gasteiger partial charge >= 0.3 is 0 Å². The van der Waals surface area contributed by atoms with Gasteiger partial charge in [-0.05, 0) is 40.2 Å². The number of ether oxygens (including phenoxy) is 1. The van der Waals surface area contributed by atoms with Crippen LogP contribution in [0.5, 0.6) is 11.6 Å². The minimum atomic E-state index is 0.432. The summed E-state index contributed by atoms with van der Waals surface area (Å²) in [6, 6.07) is 12.0. The molecule has 0 atom stereocenters. The van der Waals surface area contributed by atoms with E-state index >= 15 is 0 Å². The highest BCUT2D eigenvalue weighted by Gasteiger charge is 2.05. The van der Waals surface area contributed by atoms with Crippen LogP contribution in [-0.2, 0) is 6.54 Å². The lowest BCUT2D eigenvalue weighted by Crippen LogP contribution is -2.22. The summed E-state index contributed by atoms with van der Waals surface area (Å²) in [7, 11) is 0. The molecule has 2 aromatic rings. The van der Waals surface area contributed by atoms with Crippen molar-refractivity contribution in [2.75, 3.05) is 0 Å². The van der Waals surface area contributed by atoms with E-state index in [0.29, 0.717) is 11.9 Å². The van der Waals surface area contributed by atoms with E-state index in [1.807, 2.05) is 36.4 Å². The molecule has 1 aromatic carbocycles. The second-order valence-corrected chi connectivity index (χ2v) is 6.45. The van der Waals surface area contributed by atoms with E-state index in [9.17, 15) is 0 Å². The molecular weight excluding hydrogens is 384 g/mol. The molecule has 0 spiro atoms. The van der Waals surface area contributed by atoms with E-state index in [2.05, 4.69) is 56.0 Å². The summed E-state index contributed by atoms with van der Waals surface area (Å²) in [5.41, 5.74) is 0.962. The molecule has 0 unspecified atom stereocenters. The van der Waals surface area contributed by atoms with Crippen LogP contribution in [-0.4, -0.2) is 11.0 Å². The lowest BCUT2D eigenvalue weighted by molar-refractivity contribution is 0.455. The van der Waals surface area contributed by atoms with Gasteiger partial charge in [-0.3, -0.25) is 0 Å². The highest BCUT2D eigenvalue weighted by molar-refractivity contribution is 9.11. The second-order valence-electron chi connectivity index (χ2n) is 4.68. The molecule has 0 amide bonds. The van der Waals surface area contributed by atoms with Crippen LogP contribution in [0.3, 0.4) is 0 Å². The fraction of sp³-hybridized carbons (Fsp3) is 0.267. The molecule has 0 aliphatic rings. The van der Waals surface area contributed by atoms with Gasteiger partial charge < -0.3 is 10.1 Å². The predicted molar refractivity (Wildman–Crippen MR) is 88.1 cm³/mol. The Morgan fingerprint density at radius 2 is 2.00 bits per heavy atom. The number of hydrogen-bond acceptors (Lipinski definition) is 3. The quantitative estimate of drug-likeness (QED) is 0.776. The Kier molecular flexibility index (Phi) is 5.57. The average Bonchev–Trinajstić information content (AvgIpc) is 2.40. The van der Waals surface area contributed by atoms with E-state index in [0.717, 1.165) is 26.9 Å². The number of rotatable bonds is 5. The standard InChI is InChI=1S/C15H16Br2N2O/c1-10(2)18-9-12-4-3-5-15(19-12)20-14-7-6-11(16)8-13(14)17/h3-8,10,18H,9H2,1-2H3. The highest BCUT2D eigenvalue weighted by atomic mass is 79.9. The first-order valence-electron chi connectivity index (χ1n) is 6.37. The first-order valence-corrected chi connectivity index (χ1v) is 7.95. The molecule has 0 saturated carbocycles. The van der Waals surface area contributed by atoms with Gasteiger partial charge in [-0.25, -0.2) is 4.98 Å². The van der Waals surface area contributed by atoms with Gasteiger partial charge in [-0.15, -0.1) is 0 Å². The summed E-state index contributed by atoms with van der Waals surface area (Å²) in [6.07, 6.45) is 0. The molecule has 106 valence electrons. The Labute approximate surface area is 136 Å². The van der Waals surface area contributed by atoms with Crippen molar-refractivity contribution in [3.8, 4) is 11.6 Å². The van der Waals surface area contributed by atoms with Crippen molar-refractivity contribution in [2.45, 2.75) is 26.4 Å². The molecule has 5 heteroatoms. The molecule has 1 N–H and O–H groups in total. The maximum absolute atomic E-state index is 5.81.